The number of rotatable bonds is 7. The summed E-state index contributed by atoms with van der Waals surface area (Å²) >= 11 is 0. The van der Waals surface area contributed by atoms with Crippen LogP contribution in [0.25, 0.3) is 0 Å². The molecule has 1 aliphatic heterocycles. The SMILES string of the molecule is CCN(Cc1ccc(C(=O)NCC2NCCc3ccccc32)cc1)C1CC1. The predicted octanol–water partition coefficient (Wildman–Crippen LogP) is 3.29. The van der Waals surface area contributed by atoms with Crippen molar-refractivity contribution in [2.45, 2.75) is 44.8 Å². The zero-order valence-corrected chi connectivity index (χ0v) is 16.1. The maximum atomic E-state index is 12.6. The summed E-state index contributed by atoms with van der Waals surface area (Å²) < 4.78 is 0. The van der Waals surface area contributed by atoms with Crippen molar-refractivity contribution < 1.29 is 4.79 Å². The molecule has 4 nitrogen and oxygen atoms in total. The molecular formula is C23H29N3O. The minimum Gasteiger partial charge on any atom is -0.350 e. The van der Waals surface area contributed by atoms with Gasteiger partial charge in [-0.2, -0.15) is 0 Å². The van der Waals surface area contributed by atoms with Gasteiger partial charge in [0.25, 0.3) is 5.91 Å². The van der Waals surface area contributed by atoms with Gasteiger partial charge in [0, 0.05) is 30.7 Å². The first-order valence-electron chi connectivity index (χ1n) is 10.2. The monoisotopic (exact) mass is 363 g/mol. The molecule has 4 rings (SSSR count). The Morgan fingerprint density at radius 2 is 1.93 bits per heavy atom. The molecule has 2 aromatic carbocycles. The minimum absolute atomic E-state index is 0.000875. The molecule has 142 valence electrons. The zero-order valence-electron chi connectivity index (χ0n) is 16.1. The molecule has 27 heavy (non-hydrogen) atoms. The first-order chi connectivity index (χ1) is 13.2. The van der Waals surface area contributed by atoms with Crippen LogP contribution in [0.4, 0.5) is 0 Å². The Morgan fingerprint density at radius 1 is 1.15 bits per heavy atom. The highest BCUT2D eigenvalue weighted by Crippen LogP contribution is 2.28. The number of carbonyl (C=O) groups is 1. The second-order valence-electron chi connectivity index (χ2n) is 7.66. The van der Waals surface area contributed by atoms with Crippen molar-refractivity contribution in [2.24, 2.45) is 0 Å². The lowest BCUT2D eigenvalue weighted by molar-refractivity contribution is 0.0949. The lowest BCUT2D eigenvalue weighted by Crippen LogP contribution is -2.38. The molecule has 0 spiro atoms. The number of hydrogen-bond donors (Lipinski definition) is 2. The Morgan fingerprint density at radius 3 is 2.67 bits per heavy atom. The third-order valence-electron chi connectivity index (χ3n) is 5.75. The quantitative estimate of drug-likeness (QED) is 0.793. The molecule has 0 bridgehead atoms. The highest BCUT2D eigenvalue weighted by Gasteiger charge is 2.27. The van der Waals surface area contributed by atoms with Crippen LogP contribution in [0.2, 0.25) is 0 Å². The van der Waals surface area contributed by atoms with E-state index in [4.69, 9.17) is 0 Å². The molecule has 4 heteroatoms. The zero-order chi connectivity index (χ0) is 18.6. The molecule has 2 aromatic rings. The number of carbonyl (C=O) groups excluding carboxylic acids is 1. The van der Waals surface area contributed by atoms with Gasteiger partial charge >= 0.3 is 0 Å². The van der Waals surface area contributed by atoms with Gasteiger partial charge in [0.05, 0.1) is 0 Å². The Kier molecular flexibility index (Phi) is 5.55. The van der Waals surface area contributed by atoms with Crippen molar-refractivity contribution in [2.75, 3.05) is 19.6 Å². The molecule has 1 amide bonds. The summed E-state index contributed by atoms with van der Waals surface area (Å²) in [5.41, 5.74) is 4.70. The van der Waals surface area contributed by atoms with Crippen LogP contribution in [0.5, 0.6) is 0 Å². The Balaban J connectivity index is 1.33. The normalized spacial score (nSPS) is 19.0. The van der Waals surface area contributed by atoms with Gasteiger partial charge in [-0.3, -0.25) is 9.69 Å². The molecule has 1 saturated carbocycles. The fourth-order valence-corrected chi connectivity index (χ4v) is 4.01. The smallest absolute Gasteiger partial charge is 0.251 e. The van der Waals surface area contributed by atoms with Gasteiger partial charge in [-0.1, -0.05) is 43.3 Å². The average Bonchev–Trinajstić information content (AvgIpc) is 3.56. The Hall–Kier alpha value is -2.17. The second kappa shape index (κ2) is 8.24. The highest BCUT2D eigenvalue weighted by molar-refractivity contribution is 5.94. The molecule has 2 N–H and O–H groups in total. The molecule has 1 atom stereocenters. The van der Waals surface area contributed by atoms with E-state index in [9.17, 15) is 4.79 Å². The summed E-state index contributed by atoms with van der Waals surface area (Å²) in [7, 11) is 0. The van der Waals surface area contributed by atoms with Crippen LogP contribution in [0.3, 0.4) is 0 Å². The molecule has 2 aliphatic rings. The van der Waals surface area contributed by atoms with Gasteiger partial charge in [0.2, 0.25) is 0 Å². The van der Waals surface area contributed by atoms with E-state index >= 15 is 0 Å². The number of fused-ring (bicyclic) bond motifs is 1. The van der Waals surface area contributed by atoms with Gasteiger partial charge in [-0.05, 0) is 61.2 Å². The van der Waals surface area contributed by atoms with Crippen molar-refractivity contribution in [3.05, 3.63) is 70.8 Å². The van der Waals surface area contributed by atoms with E-state index in [1.807, 2.05) is 12.1 Å². The highest BCUT2D eigenvalue weighted by atomic mass is 16.1. The maximum absolute atomic E-state index is 12.6. The minimum atomic E-state index is 0.000875. The first-order valence-corrected chi connectivity index (χ1v) is 10.2. The summed E-state index contributed by atoms with van der Waals surface area (Å²) in [5, 5.41) is 6.61. The number of hydrogen-bond acceptors (Lipinski definition) is 3. The summed E-state index contributed by atoms with van der Waals surface area (Å²) in [6.07, 6.45) is 3.71. The van der Waals surface area contributed by atoms with Crippen LogP contribution in [0, 0.1) is 0 Å². The van der Waals surface area contributed by atoms with Gasteiger partial charge in [-0.15, -0.1) is 0 Å². The maximum Gasteiger partial charge on any atom is 0.251 e. The van der Waals surface area contributed by atoms with Gasteiger partial charge in [0.1, 0.15) is 0 Å². The molecule has 0 radical (unpaired) electrons. The summed E-state index contributed by atoms with van der Waals surface area (Å²) in [6, 6.07) is 17.5. The predicted molar refractivity (Wildman–Crippen MR) is 109 cm³/mol. The fourth-order valence-electron chi connectivity index (χ4n) is 4.01. The third-order valence-corrected chi connectivity index (χ3v) is 5.75. The summed E-state index contributed by atoms with van der Waals surface area (Å²) in [5.74, 6) is 0.000875. The summed E-state index contributed by atoms with van der Waals surface area (Å²) in [4.78, 5) is 15.1. The fraction of sp³-hybridized carbons (Fsp3) is 0.435. The molecule has 0 saturated heterocycles. The lowest BCUT2D eigenvalue weighted by Gasteiger charge is -2.27. The second-order valence-corrected chi connectivity index (χ2v) is 7.66. The van der Waals surface area contributed by atoms with Crippen LogP contribution in [0.1, 0.15) is 52.9 Å². The van der Waals surface area contributed by atoms with E-state index in [0.29, 0.717) is 6.54 Å². The van der Waals surface area contributed by atoms with Gasteiger partial charge in [0.15, 0.2) is 0 Å². The van der Waals surface area contributed by atoms with Crippen molar-refractivity contribution in [3.8, 4) is 0 Å². The van der Waals surface area contributed by atoms with E-state index in [0.717, 1.165) is 37.7 Å². The van der Waals surface area contributed by atoms with E-state index in [1.54, 1.807) is 0 Å². The number of amides is 1. The molecule has 1 aliphatic carbocycles. The van der Waals surface area contributed by atoms with E-state index < -0.39 is 0 Å². The molecule has 1 heterocycles. The Labute approximate surface area is 162 Å². The van der Waals surface area contributed by atoms with Crippen LogP contribution >= 0.6 is 0 Å². The molecule has 0 aromatic heterocycles. The van der Waals surface area contributed by atoms with Crippen LogP contribution in [0.15, 0.2) is 48.5 Å². The van der Waals surface area contributed by atoms with E-state index in [2.05, 4.69) is 58.9 Å². The van der Waals surface area contributed by atoms with Crippen LogP contribution in [-0.4, -0.2) is 36.5 Å². The Bertz CT molecular complexity index is 782. The van der Waals surface area contributed by atoms with Crippen molar-refractivity contribution in [3.63, 3.8) is 0 Å². The van der Waals surface area contributed by atoms with E-state index in [1.165, 1.54) is 29.5 Å². The molecular weight excluding hydrogens is 334 g/mol. The first kappa shape index (κ1) is 18.2. The van der Waals surface area contributed by atoms with Crippen molar-refractivity contribution >= 4 is 5.91 Å². The standard InChI is InChI=1S/C23H29N3O/c1-2-26(20-11-12-20)16-17-7-9-19(10-8-17)23(27)25-15-22-21-6-4-3-5-18(21)13-14-24-22/h3-10,20,22,24H,2,11-16H2,1H3,(H,25,27). The number of nitrogens with zero attached hydrogens (tertiary/aromatic N) is 1. The van der Waals surface area contributed by atoms with Crippen molar-refractivity contribution in [1.29, 1.82) is 0 Å². The van der Waals surface area contributed by atoms with E-state index in [-0.39, 0.29) is 11.9 Å². The largest absolute Gasteiger partial charge is 0.350 e. The van der Waals surface area contributed by atoms with Gasteiger partial charge in [-0.25, -0.2) is 0 Å². The number of benzene rings is 2. The van der Waals surface area contributed by atoms with Crippen LogP contribution in [-0.2, 0) is 13.0 Å². The molecule has 1 unspecified atom stereocenters. The topological polar surface area (TPSA) is 44.4 Å². The summed E-state index contributed by atoms with van der Waals surface area (Å²) in [6.45, 7) is 5.86. The third kappa shape index (κ3) is 4.40. The average molecular weight is 364 g/mol. The van der Waals surface area contributed by atoms with Crippen molar-refractivity contribution in [1.82, 2.24) is 15.5 Å². The van der Waals surface area contributed by atoms with Crippen LogP contribution < -0.4 is 10.6 Å². The van der Waals surface area contributed by atoms with Gasteiger partial charge < -0.3 is 10.6 Å². The molecule has 1 fully saturated rings. The lowest BCUT2D eigenvalue weighted by atomic mass is 9.94. The number of nitrogens with one attached hydrogen (secondary N) is 2.